The predicted octanol–water partition coefficient (Wildman–Crippen LogP) is -4.70. The van der Waals surface area contributed by atoms with Crippen molar-refractivity contribution in [1.82, 2.24) is 31.5 Å². The first-order valence-corrected chi connectivity index (χ1v) is 16.4. The number of carbonyl (C=O) groups is 8. The Bertz CT molecular complexity index is 1200. The van der Waals surface area contributed by atoms with Crippen LogP contribution in [0.3, 0.4) is 0 Å². The largest absolute Gasteiger partial charge is 0.391 e. The van der Waals surface area contributed by atoms with Gasteiger partial charge in [0.2, 0.25) is 47.3 Å². The number of aliphatic hydroxyl groups is 1. The molecular formula is C30H54N10O9. The second-order valence-corrected chi connectivity index (χ2v) is 12.6. The molecule has 1 fully saturated rings. The van der Waals surface area contributed by atoms with E-state index >= 15 is 0 Å². The number of unbranched alkanes of at least 4 members (excludes halogenated alkanes) is 1. The molecule has 0 aromatic heterocycles. The van der Waals surface area contributed by atoms with Crippen LogP contribution in [0.2, 0.25) is 0 Å². The average molecular weight is 699 g/mol. The van der Waals surface area contributed by atoms with E-state index in [0.29, 0.717) is 25.8 Å². The highest BCUT2D eigenvalue weighted by molar-refractivity contribution is 5.98. The van der Waals surface area contributed by atoms with E-state index in [1.165, 1.54) is 18.7 Å². The Morgan fingerprint density at radius 2 is 1.43 bits per heavy atom. The number of amides is 8. The van der Waals surface area contributed by atoms with Gasteiger partial charge < -0.3 is 59.5 Å². The van der Waals surface area contributed by atoms with Gasteiger partial charge in [0.25, 0.3) is 0 Å². The van der Waals surface area contributed by atoms with E-state index in [1.807, 2.05) is 13.8 Å². The summed E-state index contributed by atoms with van der Waals surface area (Å²) in [6.45, 7) is 6.38. The van der Waals surface area contributed by atoms with Gasteiger partial charge in [-0.05, 0) is 64.8 Å². The van der Waals surface area contributed by atoms with Crippen LogP contribution in [-0.4, -0.2) is 119 Å². The van der Waals surface area contributed by atoms with Crippen LogP contribution in [0.1, 0.15) is 72.6 Å². The summed E-state index contributed by atoms with van der Waals surface area (Å²) < 4.78 is 0. The number of hydrogen-bond acceptors (Lipinski definition) is 11. The van der Waals surface area contributed by atoms with Gasteiger partial charge in [-0.2, -0.15) is 0 Å². The van der Waals surface area contributed by atoms with E-state index in [-0.39, 0.29) is 38.3 Å². The fourth-order valence-corrected chi connectivity index (χ4v) is 5.19. The number of likely N-dealkylation sites (tertiary alicyclic amines) is 1. The van der Waals surface area contributed by atoms with Crippen molar-refractivity contribution < 1.29 is 43.5 Å². The minimum absolute atomic E-state index is 0.0152. The van der Waals surface area contributed by atoms with Crippen molar-refractivity contribution in [1.29, 1.82) is 0 Å². The SMILES string of the molecule is CC(C)C[C@H](NC(=O)CN)C(=O)N[C@@H](CCCCN)C(=O)N1CCC[C@H]1C(=O)N[C@@H](CC(N)=O)C(=O)N[C@H](C(=O)N[C@@H](C)C(N)=O)[C@@H](C)O. The lowest BCUT2D eigenvalue weighted by atomic mass is 10.0. The Morgan fingerprint density at radius 1 is 0.796 bits per heavy atom. The van der Waals surface area contributed by atoms with Gasteiger partial charge in [-0.3, -0.25) is 38.4 Å². The summed E-state index contributed by atoms with van der Waals surface area (Å²) in [4.78, 5) is 103. The van der Waals surface area contributed by atoms with Crippen molar-refractivity contribution in [2.24, 2.45) is 28.9 Å². The molecule has 1 heterocycles. The molecule has 8 amide bonds. The fourth-order valence-electron chi connectivity index (χ4n) is 5.19. The van der Waals surface area contributed by atoms with Gasteiger partial charge in [0.1, 0.15) is 36.3 Å². The van der Waals surface area contributed by atoms with Crippen molar-refractivity contribution in [3.63, 3.8) is 0 Å². The first-order valence-electron chi connectivity index (χ1n) is 16.4. The van der Waals surface area contributed by atoms with Crippen LogP contribution < -0.4 is 49.5 Å². The number of hydrogen-bond donors (Lipinski definition) is 10. The number of nitrogens with one attached hydrogen (secondary N) is 5. The number of aliphatic hydroxyl groups excluding tert-OH is 1. The lowest BCUT2D eigenvalue weighted by molar-refractivity contribution is -0.143. The topological polar surface area (TPSA) is 324 Å². The molecule has 0 bridgehead atoms. The molecule has 19 heteroatoms. The van der Waals surface area contributed by atoms with Crippen molar-refractivity contribution in [3.05, 3.63) is 0 Å². The highest BCUT2D eigenvalue weighted by Gasteiger charge is 2.40. The molecule has 1 aliphatic heterocycles. The molecule has 19 nitrogen and oxygen atoms in total. The molecule has 49 heavy (non-hydrogen) atoms. The molecule has 1 saturated heterocycles. The normalized spacial score (nSPS) is 17.9. The molecule has 0 saturated carbocycles. The quantitative estimate of drug-likeness (QED) is 0.0508. The summed E-state index contributed by atoms with van der Waals surface area (Å²) in [5, 5.41) is 22.4. The molecule has 0 aliphatic carbocycles. The second kappa shape index (κ2) is 20.9. The second-order valence-electron chi connectivity index (χ2n) is 12.6. The number of nitrogens with two attached hydrogens (primary N) is 4. The van der Waals surface area contributed by atoms with Gasteiger partial charge >= 0.3 is 0 Å². The monoisotopic (exact) mass is 698 g/mol. The van der Waals surface area contributed by atoms with Crippen LogP contribution in [-0.2, 0) is 38.4 Å². The lowest BCUT2D eigenvalue weighted by Crippen LogP contribution is -2.61. The zero-order valence-electron chi connectivity index (χ0n) is 28.7. The average Bonchev–Trinajstić information content (AvgIpc) is 3.51. The van der Waals surface area contributed by atoms with Crippen LogP contribution in [0, 0.1) is 5.92 Å². The third kappa shape index (κ3) is 14.3. The maximum absolute atomic E-state index is 13.9. The Kier molecular flexibility index (Phi) is 18.2. The van der Waals surface area contributed by atoms with Crippen LogP contribution in [0.4, 0.5) is 0 Å². The molecule has 0 aromatic rings. The molecule has 7 atom stereocenters. The minimum Gasteiger partial charge on any atom is -0.391 e. The Hall–Kier alpha value is -4.36. The number of nitrogens with zero attached hydrogens (tertiary/aromatic N) is 1. The minimum atomic E-state index is -1.60. The number of carbonyl (C=O) groups excluding carboxylic acids is 8. The van der Waals surface area contributed by atoms with E-state index in [1.54, 1.807) is 0 Å². The summed E-state index contributed by atoms with van der Waals surface area (Å²) in [5.41, 5.74) is 21.5. The van der Waals surface area contributed by atoms with Crippen LogP contribution >= 0.6 is 0 Å². The highest BCUT2D eigenvalue weighted by Crippen LogP contribution is 2.21. The summed E-state index contributed by atoms with van der Waals surface area (Å²) >= 11 is 0. The Morgan fingerprint density at radius 3 is 1.96 bits per heavy atom. The molecule has 1 aliphatic rings. The van der Waals surface area contributed by atoms with Gasteiger partial charge in [0.05, 0.1) is 19.1 Å². The molecule has 0 aromatic carbocycles. The molecule has 0 radical (unpaired) electrons. The number of rotatable bonds is 21. The zero-order valence-corrected chi connectivity index (χ0v) is 28.7. The summed E-state index contributed by atoms with van der Waals surface area (Å²) in [6.07, 6.45) is -0.0568. The van der Waals surface area contributed by atoms with Crippen LogP contribution in [0.25, 0.3) is 0 Å². The first kappa shape index (κ1) is 42.7. The van der Waals surface area contributed by atoms with Gasteiger partial charge in [-0.15, -0.1) is 0 Å². The molecule has 0 spiro atoms. The van der Waals surface area contributed by atoms with Crippen molar-refractivity contribution in [3.8, 4) is 0 Å². The van der Waals surface area contributed by atoms with Crippen molar-refractivity contribution >= 4 is 47.3 Å². The smallest absolute Gasteiger partial charge is 0.245 e. The van der Waals surface area contributed by atoms with Crippen LogP contribution in [0.15, 0.2) is 0 Å². The van der Waals surface area contributed by atoms with E-state index in [9.17, 15) is 43.5 Å². The standard InChI is InChI=1S/C30H54N10O9/c1-15(2)12-19(36-23(43)14-32)26(45)37-18(8-5-6-10-31)30(49)40-11-7-9-21(40)28(47)38-20(13-22(33)42)27(46)39-24(17(4)41)29(48)35-16(3)25(34)44/h15-21,24,41H,5-14,31-32H2,1-4H3,(H2,33,42)(H2,34,44)(H,35,48)(H,36,43)(H,37,45)(H,38,47)(H,39,46)/t16-,17+,18-,19-,20-,21-,24-/m0/s1. The third-order valence-corrected chi connectivity index (χ3v) is 7.83. The van der Waals surface area contributed by atoms with Gasteiger partial charge in [0.15, 0.2) is 0 Å². The van der Waals surface area contributed by atoms with E-state index in [4.69, 9.17) is 22.9 Å². The summed E-state index contributed by atoms with van der Waals surface area (Å²) in [5.74, 6) is -6.32. The number of primary amides is 2. The Balaban J connectivity index is 3.21. The zero-order chi connectivity index (χ0) is 37.4. The van der Waals surface area contributed by atoms with Crippen molar-refractivity contribution in [2.75, 3.05) is 19.6 Å². The highest BCUT2D eigenvalue weighted by atomic mass is 16.3. The van der Waals surface area contributed by atoms with Crippen molar-refractivity contribution in [2.45, 2.75) is 115 Å². The third-order valence-electron chi connectivity index (χ3n) is 7.83. The van der Waals surface area contributed by atoms with Gasteiger partial charge in [0, 0.05) is 6.54 Å². The maximum Gasteiger partial charge on any atom is 0.245 e. The first-order chi connectivity index (χ1) is 22.9. The van der Waals surface area contributed by atoms with E-state index in [2.05, 4.69) is 26.6 Å². The molecule has 14 N–H and O–H groups in total. The van der Waals surface area contributed by atoms with E-state index in [0.717, 1.165) is 0 Å². The van der Waals surface area contributed by atoms with Gasteiger partial charge in [-0.1, -0.05) is 13.8 Å². The van der Waals surface area contributed by atoms with Gasteiger partial charge in [-0.25, -0.2) is 0 Å². The molecule has 0 unspecified atom stereocenters. The van der Waals surface area contributed by atoms with Crippen LogP contribution in [0.5, 0.6) is 0 Å². The summed E-state index contributed by atoms with van der Waals surface area (Å²) in [7, 11) is 0. The molecule has 278 valence electrons. The van der Waals surface area contributed by atoms with E-state index < -0.39 is 96.0 Å². The summed E-state index contributed by atoms with van der Waals surface area (Å²) in [6, 6.07) is -7.47. The fraction of sp³-hybridized carbons (Fsp3) is 0.733. The predicted molar refractivity (Wildman–Crippen MR) is 176 cm³/mol. The molecular weight excluding hydrogens is 644 g/mol. The lowest BCUT2D eigenvalue weighted by Gasteiger charge is -2.31. The molecule has 1 rings (SSSR count). The maximum atomic E-state index is 13.9. The Labute approximate surface area is 285 Å².